The van der Waals surface area contributed by atoms with Crippen molar-refractivity contribution in [3.05, 3.63) is 59.2 Å². The largest absolute Gasteiger partial charge is 0.465 e. The Kier molecular flexibility index (Phi) is 8.80. The molecule has 4 rings (SSSR count). The van der Waals surface area contributed by atoms with Crippen molar-refractivity contribution < 1.29 is 19.1 Å². The molecule has 9 heteroatoms. The Balaban J connectivity index is 0.00000306. The van der Waals surface area contributed by atoms with E-state index in [0.29, 0.717) is 36.0 Å². The van der Waals surface area contributed by atoms with Gasteiger partial charge in [-0.3, -0.25) is 14.6 Å². The molecule has 0 spiro atoms. The number of esters is 1. The smallest absolute Gasteiger partial charge is 0.337 e. The van der Waals surface area contributed by atoms with Crippen molar-refractivity contribution in [2.75, 3.05) is 51.4 Å². The maximum absolute atomic E-state index is 13.5. The minimum Gasteiger partial charge on any atom is -0.465 e. The number of thiazole rings is 1. The van der Waals surface area contributed by atoms with Crippen molar-refractivity contribution in [2.24, 2.45) is 0 Å². The first-order valence-corrected chi connectivity index (χ1v) is 11.6. The number of hydrogen-bond acceptors (Lipinski definition) is 7. The molecule has 7 nitrogen and oxygen atoms in total. The summed E-state index contributed by atoms with van der Waals surface area (Å²) in [5.74, 6) is -0.560. The molecule has 0 radical (unpaired) electrons. The molecule has 1 aliphatic heterocycles. The lowest BCUT2D eigenvalue weighted by Gasteiger charge is -2.29. The maximum atomic E-state index is 13.5. The first-order chi connectivity index (χ1) is 15.6. The van der Waals surface area contributed by atoms with E-state index in [1.807, 2.05) is 6.07 Å². The van der Waals surface area contributed by atoms with E-state index in [1.165, 1.54) is 24.0 Å². The predicted octanol–water partition coefficient (Wildman–Crippen LogP) is 4.05. The van der Waals surface area contributed by atoms with Gasteiger partial charge in [-0.1, -0.05) is 24.3 Å². The van der Waals surface area contributed by atoms with Crippen LogP contribution >= 0.6 is 23.7 Å². The number of hydrogen-bond donors (Lipinski definition) is 0. The molecule has 1 aliphatic rings. The number of anilines is 1. The first-order valence-electron chi connectivity index (χ1n) is 10.8. The Morgan fingerprint density at radius 1 is 1.12 bits per heavy atom. The van der Waals surface area contributed by atoms with Crippen molar-refractivity contribution in [2.45, 2.75) is 13.3 Å². The highest BCUT2D eigenvalue weighted by molar-refractivity contribution is 7.22. The number of ether oxygens (including phenoxy) is 2. The Morgan fingerprint density at radius 3 is 2.48 bits per heavy atom. The second kappa shape index (κ2) is 11.6. The molecule has 2 heterocycles. The van der Waals surface area contributed by atoms with E-state index < -0.39 is 5.97 Å². The monoisotopic (exact) mass is 489 g/mol. The normalized spacial score (nSPS) is 14.0. The molecule has 1 aromatic heterocycles. The van der Waals surface area contributed by atoms with Crippen LogP contribution in [0.15, 0.2) is 42.5 Å². The molecule has 0 aliphatic carbocycles. The molecule has 0 saturated carbocycles. The summed E-state index contributed by atoms with van der Waals surface area (Å²) in [6.45, 7) is 6.53. The van der Waals surface area contributed by atoms with E-state index in [4.69, 9.17) is 14.5 Å². The number of morpholine rings is 1. The number of nitrogens with zero attached hydrogens (tertiary/aromatic N) is 3. The van der Waals surface area contributed by atoms with E-state index in [9.17, 15) is 9.59 Å². The zero-order chi connectivity index (χ0) is 22.5. The molecule has 0 bridgehead atoms. The zero-order valence-electron chi connectivity index (χ0n) is 18.8. The molecular formula is C24H28ClN3O4S. The fourth-order valence-corrected chi connectivity index (χ4v) is 4.72. The van der Waals surface area contributed by atoms with E-state index in [-0.39, 0.29) is 18.3 Å². The SMILES string of the molecule is CCc1ccc2nc(N(CCN3CCOCC3)C(=O)c3ccc(C(=O)OC)cc3)sc2c1.Cl. The van der Waals surface area contributed by atoms with Crippen LogP contribution in [-0.4, -0.2) is 68.3 Å². The number of amides is 1. The summed E-state index contributed by atoms with van der Waals surface area (Å²) in [5.41, 5.74) is 3.06. The van der Waals surface area contributed by atoms with Crippen molar-refractivity contribution in [1.29, 1.82) is 0 Å². The zero-order valence-corrected chi connectivity index (χ0v) is 20.4. The molecule has 176 valence electrons. The summed E-state index contributed by atoms with van der Waals surface area (Å²) >= 11 is 1.53. The first kappa shape index (κ1) is 25.1. The summed E-state index contributed by atoms with van der Waals surface area (Å²) in [6.07, 6.45) is 0.954. The second-order valence-electron chi connectivity index (χ2n) is 7.63. The van der Waals surface area contributed by atoms with Gasteiger partial charge in [0.2, 0.25) is 0 Å². The number of aromatic nitrogens is 1. The van der Waals surface area contributed by atoms with Gasteiger partial charge in [0.15, 0.2) is 5.13 Å². The molecule has 2 aromatic carbocycles. The summed E-state index contributed by atoms with van der Waals surface area (Å²) in [7, 11) is 1.34. The molecule has 0 N–H and O–H groups in total. The van der Waals surface area contributed by atoms with Gasteiger partial charge in [-0.15, -0.1) is 12.4 Å². The maximum Gasteiger partial charge on any atom is 0.337 e. The highest BCUT2D eigenvalue weighted by Gasteiger charge is 2.23. The van der Waals surface area contributed by atoms with Gasteiger partial charge in [0, 0.05) is 31.7 Å². The van der Waals surface area contributed by atoms with Crippen molar-refractivity contribution in [3.8, 4) is 0 Å². The van der Waals surface area contributed by atoms with Crippen LogP contribution in [0.5, 0.6) is 0 Å². The van der Waals surface area contributed by atoms with Gasteiger partial charge in [0.05, 0.1) is 36.1 Å². The van der Waals surface area contributed by atoms with Crippen LogP contribution in [-0.2, 0) is 15.9 Å². The quantitative estimate of drug-likeness (QED) is 0.466. The summed E-state index contributed by atoms with van der Waals surface area (Å²) < 4.78 is 11.3. The number of methoxy groups -OCH3 is 1. The van der Waals surface area contributed by atoms with Gasteiger partial charge in [0.25, 0.3) is 5.91 Å². The van der Waals surface area contributed by atoms with Crippen molar-refractivity contribution in [1.82, 2.24) is 9.88 Å². The third kappa shape index (κ3) is 5.89. The molecule has 0 atom stereocenters. The van der Waals surface area contributed by atoms with Crippen LogP contribution in [0.4, 0.5) is 5.13 Å². The number of halogens is 1. The number of carbonyl (C=O) groups is 2. The fourth-order valence-electron chi connectivity index (χ4n) is 3.67. The molecule has 0 unspecified atom stereocenters. The van der Waals surface area contributed by atoms with Crippen molar-refractivity contribution in [3.63, 3.8) is 0 Å². The van der Waals surface area contributed by atoms with Gasteiger partial charge in [-0.2, -0.15) is 0 Å². The molecule has 3 aromatic rings. The van der Waals surface area contributed by atoms with Crippen LogP contribution in [0, 0.1) is 0 Å². The minimum absolute atomic E-state index is 0. The van der Waals surface area contributed by atoms with Crippen LogP contribution < -0.4 is 4.90 Å². The standard InChI is InChI=1S/C24H27N3O4S.ClH/c1-3-17-4-9-20-21(16-17)32-24(25-20)27(11-10-26-12-14-31-15-13-26)22(28)18-5-7-19(8-6-18)23(29)30-2;/h4-9,16H,3,10-15H2,1-2H3;1H. The summed E-state index contributed by atoms with van der Waals surface area (Å²) in [6, 6.07) is 12.8. The fraction of sp³-hybridized carbons (Fsp3) is 0.375. The van der Waals surface area contributed by atoms with Crippen LogP contribution in [0.3, 0.4) is 0 Å². The summed E-state index contributed by atoms with van der Waals surface area (Å²) in [5, 5.41) is 0.684. The van der Waals surface area contributed by atoms with Crippen molar-refractivity contribution >= 4 is 51.0 Å². The number of carbonyl (C=O) groups excluding carboxylic acids is 2. The van der Waals surface area contributed by atoms with Gasteiger partial charge < -0.3 is 9.47 Å². The van der Waals surface area contributed by atoms with Gasteiger partial charge >= 0.3 is 5.97 Å². The molecule has 33 heavy (non-hydrogen) atoms. The molecule has 1 amide bonds. The third-order valence-corrected chi connectivity index (χ3v) is 6.66. The Bertz CT molecular complexity index is 1100. The van der Waals surface area contributed by atoms with E-state index in [0.717, 1.165) is 36.3 Å². The molecule has 1 fully saturated rings. The Hall–Kier alpha value is -2.52. The Labute approximate surface area is 203 Å². The highest BCUT2D eigenvalue weighted by Crippen LogP contribution is 2.30. The summed E-state index contributed by atoms with van der Waals surface area (Å²) in [4.78, 5) is 34.1. The van der Waals surface area contributed by atoms with E-state index in [1.54, 1.807) is 29.2 Å². The van der Waals surface area contributed by atoms with Gasteiger partial charge in [-0.05, 0) is 48.4 Å². The average Bonchev–Trinajstić information content (AvgIpc) is 3.27. The number of fused-ring (bicyclic) bond motifs is 1. The highest BCUT2D eigenvalue weighted by atomic mass is 35.5. The van der Waals surface area contributed by atoms with Gasteiger partial charge in [-0.25, -0.2) is 9.78 Å². The second-order valence-corrected chi connectivity index (χ2v) is 8.64. The van der Waals surface area contributed by atoms with E-state index in [2.05, 4.69) is 24.0 Å². The minimum atomic E-state index is -0.425. The average molecular weight is 490 g/mol. The molecular weight excluding hydrogens is 462 g/mol. The van der Waals surface area contributed by atoms with Crippen LogP contribution in [0.25, 0.3) is 10.2 Å². The lowest BCUT2D eigenvalue weighted by molar-refractivity contribution is 0.0391. The topological polar surface area (TPSA) is 72.0 Å². The number of aryl methyl sites for hydroxylation is 1. The third-order valence-electron chi connectivity index (χ3n) is 5.62. The van der Waals surface area contributed by atoms with Crippen LogP contribution in [0.1, 0.15) is 33.2 Å². The van der Waals surface area contributed by atoms with E-state index >= 15 is 0 Å². The lowest BCUT2D eigenvalue weighted by atomic mass is 10.1. The molecule has 1 saturated heterocycles. The lowest BCUT2D eigenvalue weighted by Crippen LogP contribution is -2.43. The number of rotatable bonds is 7. The van der Waals surface area contributed by atoms with Crippen LogP contribution in [0.2, 0.25) is 0 Å². The number of benzene rings is 2. The van der Waals surface area contributed by atoms with Gasteiger partial charge in [0.1, 0.15) is 0 Å². The predicted molar refractivity (Wildman–Crippen MR) is 133 cm³/mol. The Morgan fingerprint density at radius 2 is 1.82 bits per heavy atom.